The molecular weight excluding hydrogens is 328 g/mol. The normalized spacial score (nSPS) is 23.5. The van der Waals surface area contributed by atoms with Crippen LogP contribution in [0, 0.1) is 0 Å². The molecule has 0 aliphatic carbocycles. The lowest BCUT2D eigenvalue weighted by Crippen LogP contribution is -2.52. The van der Waals surface area contributed by atoms with E-state index in [1.165, 1.54) is 19.4 Å². The van der Waals surface area contributed by atoms with Gasteiger partial charge in [0.2, 0.25) is 0 Å². The molecule has 2 aliphatic rings. The first-order chi connectivity index (χ1) is 9.15. The fourth-order valence-electron chi connectivity index (χ4n) is 2.99. The Morgan fingerprint density at radius 2 is 2.16 bits per heavy atom. The molecule has 0 saturated carbocycles. The third-order valence-corrected chi connectivity index (χ3v) is 5.26. The summed E-state index contributed by atoms with van der Waals surface area (Å²) in [5, 5.41) is 0.636. The van der Waals surface area contributed by atoms with E-state index >= 15 is 0 Å². The van der Waals surface area contributed by atoms with Crippen LogP contribution in [0.1, 0.15) is 23.2 Å². The number of fused-ring (bicyclic) bond motifs is 1. The van der Waals surface area contributed by atoms with Crippen LogP contribution in [0.4, 0.5) is 0 Å². The Hall–Kier alpha value is -0.580. The third kappa shape index (κ3) is 2.67. The molecule has 1 aromatic carbocycles. The van der Waals surface area contributed by atoms with Crippen LogP contribution in [-0.4, -0.2) is 47.9 Å². The van der Waals surface area contributed by atoms with Gasteiger partial charge in [-0.3, -0.25) is 9.69 Å². The maximum absolute atomic E-state index is 12.5. The topological polar surface area (TPSA) is 23.6 Å². The van der Waals surface area contributed by atoms with Crippen molar-refractivity contribution in [2.45, 2.75) is 18.9 Å². The summed E-state index contributed by atoms with van der Waals surface area (Å²) in [5.74, 6) is 0.115. The Bertz CT molecular complexity index is 508. The van der Waals surface area contributed by atoms with E-state index in [1.54, 1.807) is 12.1 Å². The lowest BCUT2D eigenvalue weighted by Gasteiger charge is -2.37. The second-order valence-electron chi connectivity index (χ2n) is 5.21. The predicted octanol–water partition coefficient (Wildman–Crippen LogP) is 3.02. The van der Waals surface area contributed by atoms with Gasteiger partial charge in [-0.25, -0.2) is 0 Å². The van der Waals surface area contributed by atoms with E-state index in [-0.39, 0.29) is 5.91 Å². The highest BCUT2D eigenvalue weighted by Crippen LogP contribution is 2.26. The highest BCUT2D eigenvalue weighted by atomic mass is 79.9. The van der Waals surface area contributed by atoms with Crippen molar-refractivity contribution in [2.24, 2.45) is 0 Å². The van der Waals surface area contributed by atoms with Crippen LogP contribution in [0.25, 0.3) is 0 Å². The number of carbonyl (C=O) groups is 1. The van der Waals surface area contributed by atoms with Crippen molar-refractivity contribution in [1.82, 2.24) is 9.80 Å². The lowest BCUT2D eigenvalue weighted by atomic mass is 10.1. The molecule has 19 heavy (non-hydrogen) atoms. The molecule has 0 aromatic heterocycles. The molecule has 0 bridgehead atoms. The van der Waals surface area contributed by atoms with E-state index in [2.05, 4.69) is 20.8 Å². The predicted molar refractivity (Wildman–Crippen MR) is 79.7 cm³/mol. The Morgan fingerprint density at radius 3 is 2.95 bits per heavy atom. The lowest BCUT2D eigenvalue weighted by molar-refractivity contribution is 0.0571. The molecule has 1 aromatic rings. The van der Waals surface area contributed by atoms with Crippen molar-refractivity contribution in [2.75, 3.05) is 26.2 Å². The molecule has 2 heterocycles. The smallest absolute Gasteiger partial charge is 0.253 e. The minimum absolute atomic E-state index is 0.115. The summed E-state index contributed by atoms with van der Waals surface area (Å²) in [4.78, 5) is 17.0. The number of hydrogen-bond donors (Lipinski definition) is 0. The van der Waals surface area contributed by atoms with E-state index in [1.807, 2.05) is 11.0 Å². The number of piperazine rings is 1. The molecule has 2 saturated heterocycles. The van der Waals surface area contributed by atoms with Crippen LogP contribution in [0.15, 0.2) is 22.7 Å². The van der Waals surface area contributed by atoms with Gasteiger partial charge in [-0.1, -0.05) is 11.6 Å². The summed E-state index contributed by atoms with van der Waals surface area (Å²) in [7, 11) is 0. The van der Waals surface area contributed by atoms with Crippen LogP contribution in [-0.2, 0) is 0 Å². The first-order valence-electron chi connectivity index (χ1n) is 6.63. The number of hydrogen-bond acceptors (Lipinski definition) is 2. The van der Waals surface area contributed by atoms with Gasteiger partial charge in [-0.2, -0.15) is 0 Å². The fourth-order valence-corrected chi connectivity index (χ4v) is 3.48. The number of carbonyl (C=O) groups excluding carboxylic acids is 1. The molecule has 0 spiro atoms. The van der Waals surface area contributed by atoms with Crippen molar-refractivity contribution in [1.29, 1.82) is 0 Å². The number of amides is 1. The van der Waals surface area contributed by atoms with E-state index in [0.29, 0.717) is 16.6 Å². The standard InChI is InChI=1S/C14H16BrClN2O/c15-12-8-10(3-4-13(12)16)14(19)18-7-6-17-5-1-2-11(17)9-18/h3-4,8,11H,1-2,5-7,9H2. The van der Waals surface area contributed by atoms with Crippen molar-refractivity contribution in [3.63, 3.8) is 0 Å². The fraction of sp³-hybridized carbons (Fsp3) is 0.500. The van der Waals surface area contributed by atoms with Gasteiger partial charge in [0.1, 0.15) is 0 Å². The summed E-state index contributed by atoms with van der Waals surface area (Å²) in [6.07, 6.45) is 2.48. The molecule has 3 rings (SSSR count). The summed E-state index contributed by atoms with van der Waals surface area (Å²) in [6.45, 7) is 3.89. The van der Waals surface area contributed by atoms with Crippen LogP contribution in [0.5, 0.6) is 0 Å². The molecule has 102 valence electrons. The first-order valence-corrected chi connectivity index (χ1v) is 7.80. The molecule has 1 amide bonds. The molecule has 2 aliphatic heterocycles. The van der Waals surface area contributed by atoms with E-state index in [4.69, 9.17) is 11.6 Å². The van der Waals surface area contributed by atoms with Crippen LogP contribution >= 0.6 is 27.5 Å². The number of halogens is 2. The van der Waals surface area contributed by atoms with Gasteiger partial charge >= 0.3 is 0 Å². The molecule has 0 N–H and O–H groups in total. The largest absolute Gasteiger partial charge is 0.336 e. The summed E-state index contributed by atoms with van der Waals surface area (Å²) >= 11 is 9.34. The molecule has 1 unspecified atom stereocenters. The zero-order chi connectivity index (χ0) is 13.4. The minimum Gasteiger partial charge on any atom is -0.336 e. The van der Waals surface area contributed by atoms with E-state index < -0.39 is 0 Å². The molecule has 0 radical (unpaired) electrons. The average Bonchev–Trinajstić information content (AvgIpc) is 2.88. The summed E-state index contributed by atoms with van der Waals surface area (Å²) in [6, 6.07) is 5.95. The quantitative estimate of drug-likeness (QED) is 0.782. The van der Waals surface area contributed by atoms with Gasteiger partial charge in [0, 0.05) is 35.7 Å². The van der Waals surface area contributed by atoms with Crippen LogP contribution < -0.4 is 0 Å². The second-order valence-corrected chi connectivity index (χ2v) is 6.47. The van der Waals surface area contributed by atoms with E-state index in [9.17, 15) is 4.79 Å². The second kappa shape index (κ2) is 5.43. The molecule has 5 heteroatoms. The van der Waals surface area contributed by atoms with Crippen LogP contribution in [0.3, 0.4) is 0 Å². The maximum atomic E-state index is 12.5. The van der Waals surface area contributed by atoms with Gasteiger partial charge in [0.05, 0.1) is 5.02 Å². The number of rotatable bonds is 1. The Morgan fingerprint density at radius 1 is 1.32 bits per heavy atom. The minimum atomic E-state index is 0.115. The van der Waals surface area contributed by atoms with Crippen molar-refractivity contribution < 1.29 is 4.79 Å². The van der Waals surface area contributed by atoms with Gasteiger partial charge in [0.25, 0.3) is 5.91 Å². The summed E-state index contributed by atoms with van der Waals surface area (Å²) < 4.78 is 0.777. The number of nitrogens with zero attached hydrogens (tertiary/aromatic N) is 2. The maximum Gasteiger partial charge on any atom is 0.253 e. The molecule has 2 fully saturated rings. The average molecular weight is 344 g/mol. The zero-order valence-corrected chi connectivity index (χ0v) is 13.0. The highest BCUT2D eigenvalue weighted by Gasteiger charge is 2.32. The SMILES string of the molecule is O=C(c1ccc(Cl)c(Br)c1)N1CCN2CCCC2C1. The molecular formula is C14H16BrClN2O. The van der Waals surface area contributed by atoms with Gasteiger partial charge in [-0.05, 0) is 53.5 Å². The van der Waals surface area contributed by atoms with Crippen molar-refractivity contribution in [3.8, 4) is 0 Å². The first kappa shape index (κ1) is 13.4. The van der Waals surface area contributed by atoms with Crippen molar-refractivity contribution >= 4 is 33.4 Å². The molecule has 1 atom stereocenters. The zero-order valence-electron chi connectivity index (χ0n) is 10.6. The Labute approximate surface area is 126 Å². The highest BCUT2D eigenvalue weighted by molar-refractivity contribution is 9.10. The monoisotopic (exact) mass is 342 g/mol. The van der Waals surface area contributed by atoms with Gasteiger partial charge < -0.3 is 4.90 Å². The van der Waals surface area contributed by atoms with Crippen LogP contribution in [0.2, 0.25) is 5.02 Å². The Balaban J connectivity index is 1.74. The summed E-state index contributed by atoms with van der Waals surface area (Å²) in [5.41, 5.74) is 0.711. The molecule has 3 nitrogen and oxygen atoms in total. The van der Waals surface area contributed by atoms with E-state index in [0.717, 1.165) is 24.1 Å². The number of benzene rings is 1. The Kier molecular flexibility index (Phi) is 3.83. The van der Waals surface area contributed by atoms with Crippen molar-refractivity contribution in [3.05, 3.63) is 33.3 Å². The van der Waals surface area contributed by atoms with Gasteiger partial charge in [-0.15, -0.1) is 0 Å². The van der Waals surface area contributed by atoms with Gasteiger partial charge in [0.15, 0.2) is 0 Å². The third-order valence-electron chi connectivity index (χ3n) is 4.04.